The number of hydrogen-bond donors (Lipinski definition) is 1. The Labute approximate surface area is 103 Å². The molecule has 0 aromatic heterocycles. The number of hydrogen-bond acceptors (Lipinski definition) is 3. The van der Waals surface area contributed by atoms with Gasteiger partial charge in [-0.25, -0.2) is 10.3 Å². The molecule has 5 heteroatoms. The van der Waals surface area contributed by atoms with Gasteiger partial charge in [0.25, 0.3) is 0 Å². The highest BCUT2D eigenvalue weighted by molar-refractivity contribution is 5.73. The molecule has 0 aliphatic carbocycles. The van der Waals surface area contributed by atoms with Crippen molar-refractivity contribution >= 4 is 6.03 Å². The van der Waals surface area contributed by atoms with Gasteiger partial charge in [0.15, 0.2) is 0 Å². The van der Waals surface area contributed by atoms with Crippen LogP contribution in [0.2, 0.25) is 0 Å². The molecule has 0 spiro atoms. The predicted octanol–water partition coefficient (Wildman–Crippen LogP) is 1.06. The maximum absolute atomic E-state index is 11.8. The summed E-state index contributed by atoms with van der Waals surface area (Å²) in [5, 5.41) is 0. The predicted molar refractivity (Wildman–Crippen MR) is 65.5 cm³/mol. The molecule has 2 aliphatic heterocycles. The van der Waals surface area contributed by atoms with Gasteiger partial charge < -0.3 is 9.80 Å². The van der Waals surface area contributed by atoms with Crippen molar-refractivity contribution in [1.82, 2.24) is 15.3 Å². The SMILES string of the molecule is CONC(=O)N1CCC[C@H]1C1CCN(C)CC1. The van der Waals surface area contributed by atoms with Crippen LogP contribution in [-0.2, 0) is 4.84 Å². The highest BCUT2D eigenvalue weighted by Gasteiger charge is 2.35. The van der Waals surface area contributed by atoms with E-state index in [1.54, 1.807) is 0 Å². The van der Waals surface area contributed by atoms with E-state index in [9.17, 15) is 4.79 Å². The summed E-state index contributed by atoms with van der Waals surface area (Å²) in [6.07, 6.45) is 4.68. The van der Waals surface area contributed by atoms with Gasteiger partial charge in [-0.2, -0.15) is 0 Å². The second-order valence-electron chi connectivity index (χ2n) is 5.16. The van der Waals surface area contributed by atoms with E-state index in [4.69, 9.17) is 4.84 Å². The van der Waals surface area contributed by atoms with Crippen LogP contribution in [0.5, 0.6) is 0 Å². The van der Waals surface area contributed by atoms with E-state index < -0.39 is 0 Å². The van der Waals surface area contributed by atoms with Crippen molar-refractivity contribution in [3.05, 3.63) is 0 Å². The van der Waals surface area contributed by atoms with Crippen LogP contribution < -0.4 is 5.48 Å². The van der Waals surface area contributed by atoms with Gasteiger partial charge >= 0.3 is 6.03 Å². The van der Waals surface area contributed by atoms with Gasteiger partial charge in [-0.05, 0) is 51.7 Å². The quantitative estimate of drug-likeness (QED) is 0.735. The monoisotopic (exact) mass is 241 g/mol. The van der Waals surface area contributed by atoms with Gasteiger partial charge in [0.1, 0.15) is 0 Å². The summed E-state index contributed by atoms with van der Waals surface area (Å²) >= 11 is 0. The number of likely N-dealkylation sites (tertiary alicyclic amines) is 2. The van der Waals surface area contributed by atoms with Crippen molar-refractivity contribution in [3.63, 3.8) is 0 Å². The van der Waals surface area contributed by atoms with E-state index in [-0.39, 0.29) is 6.03 Å². The Morgan fingerprint density at radius 2 is 1.94 bits per heavy atom. The first kappa shape index (κ1) is 12.6. The van der Waals surface area contributed by atoms with Crippen molar-refractivity contribution in [2.45, 2.75) is 31.7 Å². The van der Waals surface area contributed by atoms with Gasteiger partial charge in [-0.3, -0.25) is 4.84 Å². The lowest BCUT2D eigenvalue weighted by molar-refractivity contribution is 0.0720. The number of hydroxylamine groups is 1. The molecule has 2 fully saturated rings. The number of nitrogens with zero attached hydrogens (tertiary/aromatic N) is 2. The van der Waals surface area contributed by atoms with E-state index in [0.29, 0.717) is 12.0 Å². The number of piperidine rings is 1. The molecule has 2 aliphatic rings. The fourth-order valence-electron chi connectivity index (χ4n) is 3.09. The molecule has 0 radical (unpaired) electrons. The number of urea groups is 1. The molecule has 2 heterocycles. The zero-order chi connectivity index (χ0) is 12.3. The maximum atomic E-state index is 11.8. The van der Waals surface area contributed by atoms with Crippen LogP contribution in [0.15, 0.2) is 0 Å². The minimum absolute atomic E-state index is 0.0751. The molecule has 5 nitrogen and oxygen atoms in total. The molecule has 2 amide bonds. The minimum Gasteiger partial charge on any atom is -0.320 e. The smallest absolute Gasteiger partial charge is 0.320 e. The molecule has 17 heavy (non-hydrogen) atoms. The number of carbonyl (C=O) groups excluding carboxylic acids is 1. The Balaban J connectivity index is 1.92. The number of rotatable bonds is 2. The zero-order valence-electron chi connectivity index (χ0n) is 10.8. The van der Waals surface area contributed by atoms with Crippen molar-refractivity contribution in [1.29, 1.82) is 0 Å². The Bertz CT molecular complexity index is 264. The topological polar surface area (TPSA) is 44.8 Å². The third-order valence-corrected chi connectivity index (χ3v) is 4.06. The first-order chi connectivity index (χ1) is 8.22. The number of nitrogens with one attached hydrogen (secondary N) is 1. The average Bonchev–Trinajstić information content (AvgIpc) is 2.79. The number of carbonyl (C=O) groups is 1. The molecule has 2 saturated heterocycles. The summed E-state index contributed by atoms with van der Waals surface area (Å²) in [4.78, 5) is 20.9. The average molecular weight is 241 g/mol. The van der Waals surface area contributed by atoms with Crippen LogP contribution in [0.1, 0.15) is 25.7 Å². The Morgan fingerprint density at radius 3 is 2.59 bits per heavy atom. The fraction of sp³-hybridized carbons (Fsp3) is 0.917. The first-order valence-corrected chi connectivity index (χ1v) is 6.50. The maximum Gasteiger partial charge on any atom is 0.341 e. The van der Waals surface area contributed by atoms with Crippen LogP contribution in [0.3, 0.4) is 0 Å². The summed E-state index contributed by atoms with van der Waals surface area (Å²) in [5.74, 6) is 0.663. The standard InChI is InChI=1S/C12H23N3O2/c1-14-8-5-10(6-9-14)11-4-3-7-15(11)12(16)13-17-2/h10-11H,3-9H2,1-2H3,(H,13,16)/t11-/m0/s1. The Hall–Kier alpha value is -0.810. The molecule has 1 atom stereocenters. The lowest BCUT2D eigenvalue weighted by Crippen LogP contribution is -2.47. The van der Waals surface area contributed by atoms with Crippen molar-refractivity contribution in [2.75, 3.05) is 33.8 Å². The number of amides is 2. The summed E-state index contributed by atoms with van der Waals surface area (Å²) in [7, 11) is 3.65. The van der Waals surface area contributed by atoms with Crippen molar-refractivity contribution in [2.24, 2.45) is 5.92 Å². The van der Waals surface area contributed by atoms with Gasteiger partial charge in [0.2, 0.25) is 0 Å². The molecule has 0 aromatic rings. The third-order valence-electron chi connectivity index (χ3n) is 4.06. The molecule has 0 aromatic carbocycles. The van der Waals surface area contributed by atoms with Crippen LogP contribution >= 0.6 is 0 Å². The van der Waals surface area contributed by atoms with E-state index >= 15 is 0 Å². The Kier molecular flexibility index (Phi) is 4.23. The van der Waals surface area contributed by atoms with Gasteiger partial charge in [-0.1, -0.05) is 0 Å². The lowest BCUT2D eigenvalue weighted by Gasteiger charge is -2.36. The molecule has 0 bridgehead atoms. The highest BCUT2D eigenvalue weighted by atomic mass is 16.6. The third kappa shape index (κ3) is 2.90. The molecular formula is C12H23N3O2. The van der Waals surface area contributed by atoms with Crippen molar-refractivity contribution < 1.29 is 9.63 Å². The Morgan fingerprint density at radius 1 is 1.24 bits per heavy atom. The highest BCUT2D eigenvalue weighted by Crippen LogP contribution is 2.30. The van der Waals surface area contributed by atoms with Gasteiger partial charge in [-0.15, -0.1) is 0 Å². The summed E-state index contributed by atoms with van der Waals surface area (Å²) in [6, 6.07) is 0.341. The van der Waals surface area contributed by atoms with Crippen LogP contribution in [0.25, 0.3) is 0 Å². The molecule has 0 unspecified atom stereocenters. The normalized spacial score (nSPS) is 27.4. The summed E-state index contributed by atoms with van der Waals surface area (Å²) in [6.45, 7) is 3.17. The minimum atomic E-state index is -0.0751. The molecule has 98 valence electrons. The van der Waals surface area contributed by atoms with Gasteiger partial charge in [0.05, 0.1) is 7.11 Å². The van der Waals surface area contributed by atoms with Crippen molar-refractivity contribution in [3.8, 4) is 0 Å². The largest absolute Gasteiger partial charge is 0.341 e. The molecule has 0 saturated carbocycles. The van der Waals surface area contributed by atoms with Crippen LogP contribution in [0, 0.1) is 5.92 Å². The van der Waals surface area contributed by atoms with Crippen LogP contribution in [-0.4, -0.2) is 55.7 Å². The van der Waals surface area contributed by atoms with E-state index in [2.05, 4.69) is 17.4 Å². The lowest BCUT2D eigenvalue weighted by atomic mass is 9.88. The zero-order valence-corrected chi connectivity index (χ0v) is 10.8. The second kappa shape index (κ2) is 5.69. The van der Waals surface area contributed by atoms with Crippen LogP contribution in [0.4, 0.5) is 4.79 Å². The molecule has 1 N–H and O–H groups in total. The fourth-order valence-corrected chi connectivity index (χ4v) is 3.09. The molecular weight excluding hydrogens is 218 g/mol. The first-order valence-electron chi connectivity index (χ1n) is 6.50. The second-order valence-corrected chi connectivity index (χ2v) is 5.16. The summed E-state index contributed by atoms with van der Waals surface area (Å²) < 4.78 is 0. The summed E-state index contributed by atoms with van der Waals surface area (Å²) in [5.41, 5.74) is 2.44. The van der Waals surface area contributed by atoms with E-state index in [1.807, 2.05) is 4.90 Å². The van der Waals surface area contributed by atoms with E-state index in [0.717, 1.165) is 32.5 Å². The van der Waals surface area contributed by atoms with E-state index in [1.165, 1.54) is 20.0 Å². The van der Waals surface area contributed by atoms with Gasteiger partial charge in [0, 0.05) is 12.6 Å². The molecule has 2 rings (SSSR count).